The van der Waals surface area contributed by atoms with Crippen LogP contribution < -0.4 is 5.32 Å². The summed E-state index contributed by atoms with van der Waals surface area (Å²) in [5, 5.41) is 3.83. The van der Waals surface area contributed by atoms with Gasteiger partial charge in [0.2, 0.25) is 0 Å². The largest absolute Gasteiger partial charge is 0.310 e. The Morgan fingerprint density at radius 2 is 1.83 bits per heavy atom. The van der Waals surface area contributed by atoms with Crippen LogP contribution in [0, 0.1) is 0 Å². The van der Waals surface area contributed by atoms with E-state index >= 15 is 0 Å². The molecule has 0 spiro atoms. The molecule has 3 unspecified atom stereocenters. The Morgan fingerprint density at radius 1 is 1.00 bits per heavy atom. The molecule has 2 aliphatic heterocycles. The summed E-state index contributed by atoms with van der Waals surface area (Å²) in [6, 6.07) is 3.26. The summed E-state index contributed by atoms with van der Waals surface area (Å²) in [4.78, 5) is 5.30. The second kappa shape index (κ2) is 5.48. The van der Waals surface area contributed by atoms with Gasteiger partial charge in [-0.1, -0.05) is 0 Å². The molecule has 3 aliphatic rings. The SMILES string of the molecule is CC1CC(N2CCCC(NC3CC3)C2)CCN1C. The fraction of sp³-hybridized carbons (Fsp3) is 1.00. The van der Waals surface area contributed by atoms with Crippen molar-refractivity contribution in [3.05, 3.63) is 0 Å². The maximum Gasteiger partial charge on any atom is 0.0198 e. The van der Waals surface area contributed by atoms with Crippen LogP contribution in [-0.2, 0) is 0 Å². The summed E-state index contributed by atoms with van der Waals surface area (Å²) in [5.74, 6) is 0. The van der Waals surface area contributed by atoms with Crippen LogP contribution in [0.1, 0.15) is 45.4 Å². The molecule has 0 radical (unpaired) electrons. The van der Waals surface area contributed by atoms with Crippen molar-refractivity contribution in [2.45, 2.75) is 69.6 Å². The molecule has 3 heteroatoms. The normalized spacial score (nSPS) is 40.0. The van der Waals surface area contributed by atoms with Crippen LogP contribution in [0.2, 0.25) is 0 Å². The third-order valence-corrected chi connectivity index (χ3v) is 5.20. The summed E-state index contributed by atoms with van der Waals surface area (Å²) < 4.78 is 0. The van der Waals surface area contributed by atoms with Gasteiger partial charge in [0.05, 0.1) is 0 Å². The highest BCUT2D eigenvalue weighted by Crippen LogP contribution is 2.26. The van der Waals surface area contributed by atoms with Gasteiger partial charge in [-0.3, -0.25) is 4.90 Å². The quantitative estimate of drug-likeness (QED) is 0.823. The molecule has 0 aromatic carbocycles. The second-order valence-electron chi connectivity index (χ2n) is 6.78. The van der Waals surface area contributed by atoms with Gasteiger partial charge in [0.1, 0.15) is 0 Å². The number of nitrogens with zero attached hydrogens (tertiary/aromatic N) is 2. The molecule has 18 heavy (non-hydrogen) atoms. The van der Waals surface area contributed by atoms with Crippen molar-refractivity contribution in [1.82, 2.24) is 15.1 Å². The zero-order chi connectivity index (χ0) is 12.5. The molecule has 2 heterocycles. The Kier molecular flexibility index (Phi) is 3.92. The lowest BCUT2D eigenvalue weighted by molar-refractivity contribution is 0.0641. The standard InChI is InChI=1S/C15H29N3/c1-12-10-15(7-9-17(12)2)18-8-3-4-14(11-18)16-13-5-6-13/h12-16H,3-11H2,1-2H3. The predicted molar refractivity (Wildman–Crippen MR) is 75.9 cm³/mol. The molecule has 3 fully saturated rings. The van der Waals surface area contributed by atoms with Crippen molar-refractivity contribution >= 4 is 0 Å². The fourth-order valence-electron chi connectivity index (χ4n) is 3.65. The van der Waals surface area contributed by atoms with E-state index in [0.717, 1.165) is 24.2 Å². The molecule has 2 saturated heterocycles. The number of hydrogen-bond acceptors (Lipinski definition) is 3. The van der Waals surface area contributed by atoms with Gasteiger partial charge >= 0.3 is 0 Å². The van der Waals surface area contributed by atoms with Gasteiger partial charge < -0.3 is 10.2 Å². The minimum absolute atomic E-state index is 0.764. The molecule has 0 aromatic rings. The van der Waals surface area contributed by atoms with Gasteiger partial charge in [0.15, 0.2) is 0 Å². The Labute approximate surface area is 112 Å². The average Bonchev–Trinajstić information content (AvgIpc) is 3.17. The van der Waals surface area contributed by atoms with Crippen LogP contribution >= 0.6 is 0 Å². The van der Waals surface area contributed by atoms with Gasteiger partial charge in [-0.05, 0) is 65.6 Å². The fourth-order valence-corrected chi connectivity index (χ4v) is 3.65. The Bertz CT molecular complexity index is 277. The van der Waals surface area contributed by atoms with E-state index in [4.69, 9.17) is 0 Å². The monoisotopic (exact) mass is 251 g/mol. The molecule has 1 aliphatic carbocycles. The lowest BCUT2D eigenvalue weighted by Gasteiger charge is -2.44. The zero-order valence-corrected chi connectivity index (χ0v) is 12.1. The summed E-state index contributed by atoms with van der Waals surface area (Å²) in [6.45, 7) is 6.31. The highest BCUT2D eigenvalue weighted by atomic mass is 15.2. The van der Waals surface area contributed by atoms with Gasteiger partial charge in [0, 0.05) is 30.7 Å². The van der Waals surface area contributed by atoms with E-state index in [9.17, 15) is 0 Å². The Morgan fingerprint density at radius 3 is 2.56 bits per heavy atom. The first kappa shape index (κ1) is 12.9. The zero-order valence-electron chi connectivity index (χ0n) is 12.1. The van der Waals surface area contributed by atoms with E-state index in [2.05, 4.69) is 29.1 Å². The van der Waals surface area contributed by atoms with E-state index in [1.54, 1.807) is 0 Å². The predicted octanol–water partition coefficient (Wildman–Crippen LogP) is 1.69. The highest BCUT2D eigenvalue weighted by molar-refractivity contribution is 4.91. The molecule has 0 bridgehead atoms. The van der Waals surface area contributed by atoms with Crippen molar-refractivity contribution in [2.24, 2.45) is 0 Å². The third kappa shape index (κ3) is 3.06. The summed E-state index contributed by atoms with van der Waals surface area (Å²) in [5.41, 5.74) is 0. The van der Waals surface area contributed by atoms with E-state index in [0.29, 0.717) is 0 Å². The van der Waals surface area contributed by atoms with Gasteiger partial charge in [-0.2, -0.15) is 0 Å². The smallest absolute Gasteiger partial charge is 0.0198 e. The Balaban J connectivity index is 1.51. The topological polar surface area (TPSA) is 18.5 Å². The van der Waals surface area contributed by atoms with Crippen LogP contribution in [0.15, 0.2) is 0 Å². The molecule has 1 saturated carbocycles. The maximum absolute atomic E-state index is 3.83. The summed E-state index contributed by atoms with van der Waals surface area (Å²) >= 11 is 0. The average molecular weight is 251 g/mol. The highest BCUT2D eigenvalue weighted by Gasteiger charge is 2.32. The van der Waals surface area contributed by atoms with Crippen LogP contribution in [0.4, 0.5) is 0 Å². The van der Waals surface area contributed by atoms with Crippen LogP contribution in [0.3, 0.4) is 0 Å². The number of hydrogen-bond donors (Lipinski definition) is 1. The lowest BCUT2D eigenvalue weighted by atomic mass is 9.94. The van der Waals surface area contributed by atoms with Crippen molar-refractivity contribution in [3.8, 4) is 0 Å². The third-order valence-electron chi connectivity index (χ3n) is 5.20. The van der Waals surface area contributed by atoms with E-state index in [1.807, 2.05) is 0 Å². The van der Waals surface area contributed by atoms with E-state index < -0.39 is 0 Å². The molecule has 3 atom stereocenters. The number of likely N-dealkylation sites (tertiary alicyclic amines) is 2. The van der Waals surface area contributed by atoms with Crippen LogP contribution in [-0.4, -0.2) is 60.6 Å². The van der Waals surface area contributed by atoms with Gasteiger partial charge in [-0.15, -0.1) is 0 Å². The maximum atomic E-state index is 3.83. The first-order chi connectivity index (χ1) is 8.72. The molecule has 3 nitrogen and oxygen atoms in total. The summed E-state index contributed by atoms with van der Waals surface area (Å²) in [7, 11) is 2.27. The molecular weight excluding hydrogens is 222 g/mol. The second-order valence-corrected chi connectivity index (χ2v) is 6.78. The first-order valence-electron chi connectivity index (χ1n) is 7.92. The number of rotatable bonds is 3. The van der Waals surface area contributed by atoms with E-state index in [1.165, 1.54) is 58.2 Å². The van der Waals surface area contributed by atoms with Crippen molar-refractivity contribution in [3.63, 3.8) is 0 Å². The van der Waals surface area contributed by atoms with Crippen LogP contribution in [0.5, 0.6) is 0 Å². The molecule has 104 valence electrons. The number of nitrogens with one attached hydrogen (secondary N) is 1. The molecule has 3 rings (SSSR count). The minimum atomic E-state index is 0.764. The molecule has 0 aromatic heterocycles. The van der Waals surface area contributed by atoms with Crippen molar-refractivity contribution < 1.29 is 0 Å². The Hall–Kier alpha value is -0.120. The van der Waals surface area contributed by atoms with Crippen molar-refractivity contribution in [2.75, 3.05) is 26.7 Å². The number of piperidine rings is 2. The first-order valence-corrected chi connectivity index (χ1v) is 7.92. The molecular formula is C15H29N3. The van der Waals surface area contributed by atoms with Gasteiger partial charge in [0.25, 0.3) is 0 Å². The van der Waals surface area contributed by atoms with E-state index in [-0.39, 0.29) is 0 Å². The van der Waals surface area contributed by atoms with Crippen molar-refractivity contribution in [1.29, 1.82) is 0 Å². The van der Waals surface area contributed by atoms with Crippen LogP contribution in [0.25, 0.3) is 0 Å². The minimum Gasteiger partial charge on any atom is -0.310 e. The molecule has 1 N–H and O–H groups in total. The molecule has 0 amide bonds. The van der Waals surface area contributed by atoms with Gasteiger partial charge in [-0.25, -0.2) is 0 Å². The summed E-state index contributed by atoms with van der Waals surface area (Å²) in [6.07, 6.45) is 8.37. The lowest BCUT2D eigenvalue weighted by Crippen LogP contribution is -2.54.